The number of aromatic nitrogens is 1. The molecule has 3 nitrogen and oxygen atoms in total. The van der Waals surface area contributed by atoms with Gasteiger partial charge in [0.15, 0.2) is 0 Å². The van der Waals surface area contributed by atoms with Crippen molar-refractivity contribution >= 4 is 29.2 Å². The van der Waals surface area contributed by atoms with Crippen molar-refractivity contribution < 1.29 is 9.90 Å². The molecule has 0 bridgehead atoms. The lowest BCUT2D eigenvalue weighted by Crippen LogP contribution is -2.08. The van der Waals surface area contributed by atoms with E-state index < -0.39 is 5.97 Å². The Bertz CT molecular complexity index is 563. The van der Waals surface area contributed by atoms with Gasteiger partial charge in [-0.05, 0) is 23.8 Å². The lowest BCUT2D eigenvalue weighted by Gasteiger charge is -2.06. The van der Waals surface area contributed by atoms with E-state index in [0.717, 1.165) is 5.56 Å². The molecular weight excluding hydrogens is 261 g/mol. The molecule has 0 spiro atoms. The average molecular weight is 270 g/mol. The van der Waals surface area contributed by atoms with Gasteiger partial charge in [0.1, 0.15) is 5.69 Å². The summed E-state index contributed by atoms with van der Waals surface area (Å²) in [6.07, 6.45) is 1.59. The molecule has 0 atom stereocenters. The molecule has 0 saturated carbocycles. The smallest absolute Gasteiger partial charge is 0.352 e. The summed E-state index contributed by atoms with van der Waals surface area (Å²) in [5.41, 5.74) is 1.09. The minimum absolute atomic E-state index is 0.162. The van der Waals surface area contributed by atoms with Crippen LogP contribution in [-0.4, -0.2) is 15.6 Å². The molecule has 2 aromatic rings. The normalized spacial score (nSPS) is 10.5. The predicted molar refractivity (Wildman–Crippen MR) is 67.0 cm³/mol. The van der Waals surface area contributed by atoms with Gasteiger partial charge in [-0.15, -0.1) is 0 Å². The van der Waals surface area contributed by atoms with E-state index in [1.807, 2.05) is 12.1 Å². The zero-order valence-corrected chi connectivity index (χ0v) is 10.2. The van der Waals surface area contributed by atoms with Crippen molar-refractivity contribution in [3.63, 3.8) is 0 Å². The van der Waals surface area contributed by atoms with Gasteiger partial charge in [-0.3, -0.25) is 0 Å². The van der Waals surface area contributed by atoms with E-state index in [1.165, 1.54) is 6.07 Å². The van der Waals surface area contributed by atoms with E-state index in [0.29, 0.717) is 16.6 Å². The zero-order chi connectivity index (χ0) is 12.4. The molecular formula is C12H9Cl2NO2. The van der Waals surface area contributed by atoms with Crippen LogP contribution in [0, 0.1) is 0 Å². The molecule has 17 heavy (non-hydrogen) atoms. The number of carboxylic acids is 1. The molecule has 88 valence electrons. The number of rotatable bonds is 3. The number of benzene rings is 1. The van der Waals surface area contributed by atoms with Crippen molar-refractivity contribution in [1.82, 2.24) is 4.57 Å². The van der Waals surface area contributed by atoms with Crippen LogP contribution >= 0.6 is 23.2 Å². The quantitative estimate of drug-likeness (QED) is 0.926. The van der Waals surface area contributed by atoms with Crippen molar-refractivity contribution in [3.05, 3.63) is 57.8 Å². The van der Waals surface area contributed by atoms with Crippen LogP contribution in [0.25, 0.3) is 0 Å². The monoisotopic (exact) mass is 269 g/mol. The Morgan fingerprint density at radius 2 is 2.00 bits per heavy atom. The van der Waals surface area contributed by atoms with Gasteiger partial charge in [-0.25, -0.2) is 4.79 Å². The third-order valence-corrected chi connectivity index (χ3v) is 2.77. The average Bonchev–Trinajstić information content (AvgIpc) is 2.59. The molecule has 2 rings (SSSR count). The molecule has 0 saturated heterocycles. The van der Waals surface area contributed by atoms with Crippen LogP contribution in [0.5, 0.6) is 0 Å². The Morgan fingerprint density at radius 3 is 2.65 bits per heavy atom. The van der Waals surface area contributed by atoms with Crippen LogP contribution in [0.1, 0.15) is 16.1 Å². The molecule has 0 radical (unpaired) electrons. The fraction of sp³-hybridized carbons (Fsp3) is 0.0833. The first kappa shape index (κ1) is 12.0. The first-order valence-electron chi connectivity index (χ1n) is 4.89. The Labute approximate surface area is 108 Å². The molecule has 0 aliphatic rings. The third-order valence-electron chi connectivity index (χ3n) is 2.32. The largest absolute Gasteiger partial charge is 0.477 e. The molecule has 0 aliphatic carbocycles. The van der Waals surface area contributed by atoms with E-state index >= 15 is 0 Å². The van der Waals surface area contributed by atoms with Crippen molar-refractivity contribution in [2.75, 3.05) is 0 Å². The van der Waals surface area contributed by atoms with Crippen LogP contribution in [-0.2, 0) is 6.54 Å². The van der Waals surface area contributed by atoms with E-state index in [9.17, 15) is 4.79 Å². The fourth-order valence-corrected chi connectivity index (χ4v) is 2.05. The Balaban J connectivity index is 2.32. The van der Waals surface area contributed by atoms with Crippen molar-refractivity contribution in [1.29, 1.82) is 0 Å². The number of hydrogen-bond acceptors (Lipinski definition) is 1. The lowest BCUT2D eigenvalue weighted by molar-refractivity contribution is 0.0685. The Kier molecular flexibility index (Phi) is 3.41. The van der Waals surface area contributed by atoms with Crippen molar-refractivity contribution in [3.8, 4) is 0 Å². The SMILES string of the molecule is O=C(O)c1cc(Cl)cn1Cc1cccc(Cl)c1. The summed E-state index contributed by atoms with van der Waals surface area (Å²) >= 11 is 11.7. The summed E-state index contributed by atoms with van der Waals surface area (Å²) in [6, 6.07) is 8.69. The summed E-state index contributed by atoms with van der Waals surface area (Å²) < 4.78 is 1.58. The van der Waals surface area contributed by atoms with Crippen LogP contribution in [0.15, 0.2) is 36.5 Å². The lowest BCUT2D eigenvalue weighted by atomic mass is 10.2. The molecule has 5 heteroatoms. The summed E-state index contributed by atoms with van der Waals surface area (Å²) in [5, 5.41) is 10.0. The Hall–Kier alpha value is -1.45. The van der Waals surface area contributed by atoms with Crippen LogP contribution in [0.3, 0.4) is 0 Å². The summed E-state index contributed by atoms with van der Waals surface area (Å²) in [5.74, 6) is -1.00. The number of halogens is 2. The minimum atomic E-state index is -1.00. The molecule has 1 heterocycles. The molecule has 0 fully saturated rings. The van der Waals surface area contributed by atoms with Gasteiger partial charge in [0.05, 0.1) is 5.02 Å². The molecule has 0 amide bonds. The number of carbonyl (C=O) groups is 1. The van der Waals surface area contributed by atoms with E-state index in [4.69, 9.17) is 28.3 Å². The number of aromatic carboxylic acids is 1. The highest BCUT2D eigenvalue weighted by Crippen LogP contribution is 2.17. The van der Waals surface area contributed by atoms with Crippen LogP contribution in [0.2, 0.25) is 10.0 Å². The number of nitrogens with zero attached hydrogens (tertiary/aromatic N) is 1. The maximum Gasteiger partial charge on any atom is 0.352 e. The second-order valence-corrected chi connectivity index (χ2v) is 4.48. The topological polar surface area (TPSA) is 42.2 Å². The van der Waals surface area contributed by atoms with Gasteiger partial charge in [-0.1, -0.05) is 35.3 Å². The predicted octanol–water partition coefficient (Wildman–Crippen LogP) is 3.54. The van der Waals surface area contributed by atoms with Crippen LogP contribution < -0.4 is 0 Å². The summed E-state index contributed by atoms with van der Waals surface area (Å²) in [7, 11) is 0. The molecule has 1 N–H and O–H groups in total. The van der Waals surface area contributed by atoms with Gasteiger partial charge in [0.25, 0.3) is 0 Å². The number of hydrogen-bond donors (Lipinski definition) is 1. The van der Waals surface area contributed by atoms with Crippen molar-refractivity contribution in [2.45, 2.75) is 6.54 Å². The van der Waals surface area contributed by atoms with E-state index in [1.54, 1.807) is 22.9 Å². The Morgan fingerprint density at radius 1 is 1.24 bits per heavy atom. The molecule has 0 aliphatic heterocycles. The highest BCUT2D eigenvalue weighted by Gasteiger charge is 2.11. The summed E-state index contributed by atoms with van der Waals surface area (Å²) in [4.78, 5) is 11.0. The third kappa shape index (κ3) is 2.81. The van der Waals surface area contributed by atoms with Gasteiger partial charge in [0.2, 0.25) is 0 Å². The second-order valence-electron chi connectivity index (χ2n) is 3.61. The maximum absolute atomic E-state index is 11.0. The second kappa shape index (κ2) is 4.82. The highest BCUT2D eigenvalue weighted by atomic mass is 35.5. The van der Waals surface area contributed by atoms with Crippen LogP contribution in [0.4, 0.5) is 0 Å². The van der Waals surface area contributed by atoms with E-state index in [-0.39, 0.29) is 5.69 Å². The molecule has 1 aromatic heterocycles. The van der Waals surface area contributed by atoms with E-state index in [2.05, 4.69) is 0 Å². The molecule has 1 aromatic carbocycles. The van der Waals surface area contributed by atoms with Gasteiger partial charge in [-0.2, -0.15) is 0 Å². The first-order chi connectivity index (χ1) is 8.06. The minimum Gasteiger partial charge on any atom is -0.477 e. The standard InChI is InChI=1S/C12H9Cl2NO2/c13-9-3-1-2-8(4-9)6-15-7-10(14)5-11(15)12(16)17/h1-5,7H,6H2,(H,16,17). The summed E-state index contributed by atoms with van der Waals surface area (Å²) in [6.45, 7) is 0.426. The fourth-order valence-electron chi connectivity index (χ4n) is 1.62. The van der Waals surface area contributed by atoms with Crippen molar-refractivity contribution in [2.24, 2.45) is 0 Å². The maximum atomic E-state index is 11.0. The molecule has 0 unspecified atom stereocenters. The van der Waals surface area contributed by atoms with Gasteiger partial charge < -0.3 is 9.67 Å². The first-order valence-corrected chi connectivity index (χ1v) is 5.65. The highest BCUT2D eigenvalue weighted by molar-refractivity contribution is 6.31. The number of carboxylic acid groups (broad SMARTS) is 1. The van der Waals surface area contributed by atoms with Gasteiger partial charge >= 0.3 is 5.97 Å². The zero-order valence-electron chi connectivity index (χ0n) is 8.73. The van der Waals surface area contributed by atoms with Gasteiger partial charge in [0, 0.05) is 17.8 Å².